The number of anilines is 3. The molecule has 0 radical (unpaired) electrons. The second-order valence-electron chi connectivity index (χ2n) is 6.37. The fourth-order valence-corrected chi connectivity index (χ4v) is 3.71. The molecule has 0 aliphatic rings. The molecule has 7 heteroatoms. The lowest BCUT2D eigenvalue weighted by molar-refractivity contribution is -0.116. The number of nitrogens with zero attached hydrogens (tertiary/aromatic N) is 2. The number of aryl methyl sites for hydroxylation is 1. The summed E-state index contributed by atoms with van der Waals surface area (Å²) in [4.78, 5) is 30.8. The van der Waals surface area contributed by atoms with Gasteiger partial charge in [-0.3, -0.25) is 14.2 Å². The molecule has 28 heavy (non-hydrogen) atoms. The SMILES string of the molecule is Cc1cc2c(=O)n(CC(=O)Nc3ccc(Nc4ccccc4)cc3)cnc2s1. The lowest BCUT2D eigenvalue weighted by Crippen LogP contribution is -2.27. The van der Waals surface area contributed by atoms with Gasteiger partial charge in [0.25, 0.3) is 5.56 Å². The number of benzene rings is 2. The molecule has 0 fully saturated rings. The van der Waals surface area contributed by atoms with Crippen LogP contribution in [0.25, 0.3) is 10.2 Å². The van der Waals surface area contributed by atoms with Gasteiger partial charge in [-0.25, -0.2) is 4.98 Å². The molecule has 2 heterocycles. The largest absolute Gasteiger partial charge is 0.356 e. The van der Waals surface area contributed by atoms with Crippen molar-refractivity contribution in [2.75, 3.05) is 10.6 Å². The van der Waals surface area contributed by atoms with Crippen LogP contribution in [0.2, 0.25) is 0 Å². The molecule has 0 aliphatic heterocycles. The third kappa shape index (κ3) is 3.94. The zero-order valence-electron chi connectivity index (χ0n) is 15.2. The molecule has 2 aromatic heterocycles. The van der Waals surface area contributed by atoms with Crippen LogP contribution in [0.4, 0.5) is 17.1 Å². The molecule has 1 amide bonds. The Morgan fingerprint density at radius 2 is 1.71 bits per heavy atom. The van der Waals surface area contributed by atoms with Crippen LogP contribution >= 0.6 is 11.3 Å². The smallest absolute Gasteiger partial charge is 0.262 e. The van der Waals surface area contributed by atoms with Gasteiger partial charge in [0.1, 0.15) is 11.4 Å². The van der Waals surface area contributed by atoms with E-state index in [2.05, 4.69) is 15.6 Å². The van der Waals surface area contributed by atoms with Crippen LogP contribution in [0, 0.1) is 6.92 Å². The van der Waals surface area contributed by atoms with Gasteiger partial charge in [0.05, 0.1) is 11.7 Å². The number of aromatic nitrogens is 2. The van der Waals surface area contributed by atoms with Crippen molar-refractivity contribution in [3.8, 4) is 0 Å². The average molecular weight is 390 g/mol. The number of carbonyl (C=O) groups is 1. The third-order valence-corrected chi connectivity index (χ3v) is 5.14. The minimum atomic E-state index is -0.279. The predicted octanol–water partition coefficient (Wildman–Crippen LogP) is 4.15. The van der Waals surface area contributed by atoms with Crippen LogP contribution in [0.15, 0.2) is 71.8 Å². The van der Waals surface area contributed by atoms with Crippen molar-refractivity contribution in [1.82, 2.24) is 9.55 Å². The van der Waals surface area contributed by atoms with Crippen molar-refractivity contribution in [2.45, 2.75) is 13.5 Å². The number of fused-ring (bicyclic) bond motifs is 1. The summed E-state index contributed by atoms with van der Waals surface area (Å²) in [5.41, 5.74) is 2.37. The van der Waals surface area contributed by atoms with E-state index < -0.39 is 0 Å². The lowest BCUT2D eigenvalue weighted by Gasteiger charge is -2.09. The maximum Gasteiger partial charge on any atom is 0.262 e. The van der Waals surface area contributed by atoms with Gasteiger partial charge in [0.15, 0.2) is 0 Å². The highest BCUT2D eigenvalue weighted by molar-refractivity contribution is 7.18. The highest BCUT2D eigenvalue weighted by Crippen LogP contribution is 2.20. The van der Waals surface area contributed by atoms with Crippen LogP contribution in [-0.4, -0.2) is 15.5 Å². The van der Waals surface area contributed by atoms with Crippen molar-refractivity contribution in [3.63, 3.8) is 0 Å². The first kappa shape index (κ1) is 17.9. The van der Waals surface area contributed by atoms with Crippen molar-refractivity contribution < 1.29 is 4.79 Å². The van der Waals surface area contributed by atoms with Crippen LogP contribution in [0.3, 0.4) is 0 Å². The maximum atomic E-state index is 12.5. The summed E-state index contributed by atoms with van der Waals surface area (Å²) in [5.74, 6) is -0.279. The fourth-order valence-electron chi connectivity index (χ4n) is 2.87. The van der Waals surface area contributed by atoms with Gasteiger partial charge in [-0.1, -0.05) is 18.2 Å². The Morgan fingerprint density at radius 1 is 1.04 bits per heavy atom. The zero-order chi connectivity index (χ0) is 19.5. The summed E-state index contributed by atoms with van der Waals surface area (Å²) in [7, 11) is 0. The van der Waals surface area contributed by atoms with E-state index in [1.54, 1.807) is 0 Å². The van der Waals surface area contributed by atoms with E-state index in [4.69, 9.17) is 0 Å². The molecule has 0 atom stereocenters. The molecule has 6 nitrogen and oxygen atoms in total. The Labute approximate surface area is 165 Å². The zero-order valence-corrected chi connectivity index (χ0v) is 16.0. The molecule has 0 bridgehead atoms. The van der Waals surface area contributed by atoms with Gasteiger partial charge in [-0.05, 0) is 49.4 Å². The van der Waals surface area contributed by atoms with Crippen molar-refractivity contribution in [3.05, 3.63) is 82.2 Å². The summed E-state index contributed by atoms with van der Waals surface area (Å²) in [6.07, 6.45) is 1.42. The Morgan fingerprint density at radius 3 is 2.46 bits per heavy atom. The minimum Gasteiger partial charge on any atom is -0.356 e. The highest BCUT2D eigenvalue weighted by atomic mass is 32.1. The molecular weight excluding hydrogens is 372 g/mol. The number of amides is 1. The predicted molar refractivity (Wildman–Crippen MR) is 113 cm³/mol. The van der Waals surface area contributed by atoms with Crippen LogP contribution < -0.4 is 16.2 Å². The fraction of sp³-hybridized carbons (Fsp3) is 0.0952. The molecule has 0 aliphatic carbocycles. The monoisotopic (exact) mass is 390 g/mol. The number of para-hydroxylation sites is 1. The van der Waals surface area contributed by atoms with Crippen LogP contribution in [0.5, 0.6) is 0 Å². The number of hydrogen-bond donors (Lipinski definition) is 2. The lowest BCUT2D eigenvalue weighted by atomic mass is 10.2. The second kappa shape index (κ2) is 7.66. The van der Waals surface area contributed by atoms with Gasteiger partial charge in [-0.2, -0.15) is 0 Å². The standard InChI is InChI=1S/C21H18N4O2S/c1-14-11-18-20(28-14)22-13-25(21(18)27)12-19(26)24-17-9-7-16(8-10-17)23-15-5-3-2-4-6-15/h2-11,13,23H,12H2,1H3,(H,24,26). The molecule has 2 N–H and O–H groups in total. The van der Waals surface area contributed by atoms with E-state index in [1.807, 2.05) is 67.6 Å². The van der Waals surface area contributed by atoms with E-state index in [9.17, 15) is 9.59 Å². The van der Waals surface area contributed by atoms with Gasteiger partial charge < -0.3 is 10.6 Å². The van der Waals surface area contributed by atoms with Gasteiger partial charge in [-0.15, -0.1) is 11.3 Å². The summed E-state index contributed by atoms with van der Waals surface area (Å²) in [5, 5.41) is 6.65. The van der Waals surface area contributed by atoms with Gasteiger partial charge in [0, 0.05) is 21.9 Å². The number of nitrogens with one attached hydrogen (secondary N) is 2. The molecule has 0 saturated heterocycles. The summed E-state index contributed by atoms with van der Waals surface area (Å²) in [6, 6.07) is 19.0. The van der Waals surface area contributed by atoms with Gasteiger partial charge >= 0.3 is 0 Å². The Balaban J connectivity index is 1.42. The normalized spacial score (nSPS) is 10.8. The molecule has 2 aromatic carbocycles. The van der Waals surface area contributed by atoms with E-state index in [-0.39, 0.29) is 18.0 Å². The van der Waals surface area contributed by atoms with Crippen molar-refractivity contribution in [2.24, 2.45) is 0 Å². The van der Waals surface area contributed by atoms with Gasteiger partial charge in [0.2, 0.25) is 5.91 Å². The van der Waals surface area contributed by atoms with Crippen molar-refractivity contribution >= 4 is 44.5 Å². The molecule has 4 aromatic rings. The molecule has 0 spiro atoms. The van der Waals surface area contributed by atoms with Crippen LogP contribution in [-0.2, 0) is 11.3 Å². The molecule has 0 saturated carbocycles. The Kier molecular flexibility index (Phi) is 4.90. The van der Waals surface area contributed by atoms with E-state index in [0.29, 0.717) is 15.9 Å². The van der Waals surface area contributed by atoms with E-state index in [0.717, 1.165) is 16.3 Å². The topological polar surface area (TPSA) is 76.0 Å². The number of hydrogen-bond acceptors (Lipinski definition) is 5. The summed E-state index contributed by atoms with van der Waals surface area (Å²) < 4.78 is 1.33. The highest BCUT2D eigenvalue weighted by Gasteiger charge is 2.10. The third-order valence-electron chi connectivity index (χ3n) is 4.19. The Hall–Kier alpha value is -3.45. The molecule has 4 rings (SSSR count). The first-order valence-corrected chi connectivity index (χ1v) is 9.58. The summed E-state index contributed by atoms with van der Waals surface area (Å²) in [6.45, 7) is 1.85. The first-order chi connectivity index (χ1) is 13.6. The van der Waals surface area contributed by atoms with Crippen molar-refractivity contribution in [1.29, 1.82) is 0 Å². The molecular formula is C21H18N4O2S. The van der Waals surface area contributed by atoms with E-state index in [1.165, 1.54) is 22.2 Å². The molecule has 140 valence electrons. The molecule has 0 unspecified atom stereocenters. The quantitative estimate of drug-likeness (QED) is 0.537. The second-order valence-corrected chi connectivity index (χ2v) is 7.60. The number of carbonyl (C=O) groups excluding carboxylic acids is 1. The Bertz CT molecular complexity index is 1180. The number of rotatable bonds is 5. The van der Waals surface area contributed by atoms with Crippen LogP contribution in [0.1, 0.15) is 4.88 Å². The maximum absolute atomic E-state index is 12.5. The average Bonchev–Trinajstić information content (AvgIpc) is 3.08. The number of thiophene rings is 1. The first-order valence-electron chi connectivity index (χ1n) is 8.76. The minimum absolute atomic E-state index is 0.0827. The summed E-state index contributed by atoms with van der Waals surface area (Å²) >= 11 is 1.47. The van der Waals surface area contributed by atoms with E-state index >= 15 is 0 Å².